The Labute approximate surface area is 85.1 Å². The molecule has 80 valence electrons. The van der Waals surface area contributed by atoms with E-state index in [0.717, 1.165) is 0 Å². The molecule has 5 heteroatoms. The predicted molar refractivity (Wildman–Crippen MR) is 51.3 cm³/mol. The van der Waals surface area contributed by atoms with E-state index in [0.29, 0.717) is 5.56 Å². The number of allylic oxidation sites excluding steroid dienone is 1. The van der Waals surface area contributed by atoms with Crippen LogP contribution in [0.3, 0.4) is 0 Å². The molecule has 1 aromatic carbocycles. The Morgan fingerprint density at radius 2 is 1.80 bits per heavy atom. The second-order valence-corrected chi connectivity index (χ2v) is 2.74. The monoisotopic (exact) mass is 214 g/mol. The van der Waals surface area contributed by atoms with Crippen LogP contribution in [0.1, 0.15) is 5.56 Å². The van der Waals surface area contributed by atoms with E-state index in [1.165, 1.54) is 7.05 Å². The van der Waals surface area contributed by atoms with Crippen molar-refractivity contribution in [3.63, 3.8) is 0 Å². The average Bonchev–Trinajstić information content (AvgIpc) is 2.17. The van der Waals surface area contributed by atoms with Crippen molar-refractivity contribution in [2.45, 2.75) is 6.18 Å². The van der Waals surface area contributed by atoms with Crippen LogP contribution in [0.5, 0.6) is 0 Å². The highest BCUT2D eigenvalue weighted by atomic mass is 19.4. The molecular weight excluding hydrogens is 205 g/mol. The molecular formula is C10H9F3N2. The van der Waals surface area contributed by atoms with Gasteiger partial charge in [0.2, 0.25) is 0 Å². The summed E-state index contributed by atoms with van der Waals surface area (Å²) in [6.45, 7) is 0. The van der Waals surface area contributed by atoms with Crippen LogP contribution in [0.4, 0.5) is 13.2 Å². The van der Waals surface area contributed by atoms with Crippen molar-refractivity contribution >= 4 is 5.70 Å². The molecule has 1 aromatic rings. The molecule has 0 bridgehead atoms. The summed E-state index contributed by atoms with van der Waals surface area (Å²) < 4.78 is 36.4. The molecule has 0 radical (unpaired) electrons. The lowest BCUT2D eigenvalue weighted by atomic mass is 10.1. The predicted octanol–water partition coefficient (Wildman–Crippen LogP) is 3.67. The van der Waals surface area contributed by atoms with Gasteiger partial charge in [-0.2, -0.15) is 23.4 Å². The number of alkyl halides is 3. The summed E-state index contributed by atoms with van der Waals surface area (Å²) in [7, 11) is 1.33. The van der Waals surface area contributed by atoms with Gasteiger partial charge in [0.05, 0.1) is 5.70 Å². The Hall–Kier alpha value is -1.65. The number of hydrogen-bond donors (Lipinski definition) is 0. The van der Waals surface area contributed by atoms with E-state index in [1.807, 2.05) is 0 Å². The van der Waals surface area contributed by atoms with E-state index in [2.05, 4.69) is 10.2 Å². The number of halogens is 3. The standard InChI is InChI=1S/C10H9F3N2/c1-14-15-9(7-10(11,12)13)8-5-3-2-4-6-8/h2-7H,1H3. The summed E-state index contributed by atoms with van der Waals surface area (Å²) in [6.07, 6.45) is -4.26. The number of benzene rings is 1. The Morgan fingerprint density at radius 1 is 1.20 bits per heavy atom. The average molecular weight is 214 g/mol. The van der Waals surface area contributed by atoms with E-state index in [9.17, 15) is 13.2 Å². The SMILES string of the molecule is CN=NC(=CC(F)(F)F)c1ccccc1. The third kappa shape index (κ3) is 3.93. The Bertz CT molecular complexity index is 366. The van der Waals surface area contributed by atoms with Crippen LogP contribution in [-0.4, -0.2) is 13.2 Å². The first kappa shape index (κ1) is 11.4. The molecule has 0 heterocycles. The van der Waals surface area contributed by atoms with E-state index in [1.54, 1.807) is 30.3 Å². The third-order valence-electron chi connectivity index (χ3n) is 1.58. The summed E-state index contributed by atoms with van der Waals surface area (Å²) in [5.41, 5.74) is 0.200. The highest BCUT2D eigenvalue weighted by molar-refractivity contribution is 5.64. The van der Waals surface area contributed by atoms with Gasteiger partial charge in [-0.25, -0.2) is 0 Å². The lowest BCUT2D eigenvalue weighted by molar-refractivity contribution is -0.0794. The maximum atomic E-state index is 12.1. The van der Waals surface area contributed by atoms with Crippen molar-refractivity contribution in [2.24, 2.45) is 10.2 Å². The molecule has 0 spiro atoms. The van der Waals surface area contributed by atoms with Crippen LogP contribution in [0.25, 0.3) is 5.70 Å². The van der Waals surface area contributed by atoms with Gasteiger partial charge in [-0.1, -0.05) is 30.3 Å². The Morgan fingerprint density at radius 3 is 2.27 bits per heavy atom. The smallest absolute Gasteiger partial charge is 0.192 e. The molecule has 0 aromatic heterocycles. The molecule has 0 fully saturated rings. The van der Waals surface area contributed by atoms with Gasteiger partial charge >= 0.3 is 6.18 Å². The van der Waals surface area contributed by atoms with Crippen molar-refractivity contribution in [3.8, 4) is 0 Å². The fourth-order valence-electron chi connectivity index (χ4n) is 1.04. The highest BCUT2D eigenvalue weighted by Crippen LogP contribution is 2.24. The highest BCUT2D eigenvalue weighted by Gasteiger charge is 2.25. The molecule has 0 unspecified atom stereocenters. The van der Waals surface area contributed by atoms with Gasteiger partial charge in [0.1, 0.15) is 0 Å². The number of azo groups is 1. The van der Waals surface area contributed by atoms with Crippen LogP contribution < -0.4 is 0 Å². The van der Waals surface area contributed by atoms with Crippen molar-refractivity contribution in [1.29, 1.82) is 0 Å². The molecule has 0 atom stereocenters. The number of nitrogens with zero attached hydrogens (tertiary/aromatic N) is 2. The quantitative estimate of drug-likeness (QED) is 0.671. The Balaban J connectivity index is 3.10. The minimum absolute atomic E-state index is 0.134. The number of rotatable bonds is 2. The molecule has 0 saturated heterocycles. The largest absolute Gasteiger partial charge is 0.411 e. The first-order valence-electron chi connectivity index (χ1n) is 4.18. The maximum Gasteiger partial charge on any atom is 0.411 e. The van der Waals surface area contributed by atoms with Crippen molar-refractivity contribution in [2.75, 3.05) is 7.05 Å². The first-order chi connectivity index (χ1) is 7.03. The molecule has 0 amide bonds. The van der Waals surface area contributed by atoms with Gasteiger partial charge in [0, 0.05) is 18.7 Å². The number of hydrogen-bond acceptors (Lipinski definition) is 2. The van der Waals surface area contributed by atoms with Crippen LogP contribution >= 0.6 is 0 Å². The fraction of sp³-hybridized carbons (Fsp3) is 0.200. The minimum Gasteiger partial charge on any atom is -0.192 e. The van der Waals surface area contributed by atoms with Gasteiger partial charge in [0.25, 0.3) is 0 Å². The van der Waals surface area contributed by atoms with Crippen LogP contribution in [0.15, 0.2) is 46.6 Å². The lowest BCUT2D eigenvalue weighted by Crippen LogP contribution is -2.02. The van der Waals surface area contributed by atoms with E-state index < -0.39 is 6.18 Å². The molecule has 1 rings (SSSR count). The zero-order chi connectivity index (χ0) is 11.3. The van der Waals surface area contributed by atoms with E-state index >= 15 is 0 Å². The van der Waals surface area contributed by atoms with Crippen molar-refractivity contribution < 1.29 is 13.2 Å². The van der Waals surface area contributed by atoms with Crippen LogP contribution in [-0.2, 0) is 0 Å². The van der Waals surface area contributed by atoms with Gasteiger partial charge in [-0.05, 0) is 0 Å². The van der Waals surface area contributed by atoms with Crippen molar-refractivity contribution in [3.05, 3.63) is 42.0 Å². The molecule has 0 aliphatic rings. The Kier molecular flexibility index (Phi) is 3.60. The van der Waals surface area contributed by atoms with Gasteiger partial charge in [-0.3, -0.25) is 0 Å². The van der Waals surface area contributed by atoms with E-state index in [4.69, 9.17) is 0 Å². The molecule has 0 aliphatic heterocycles. The zero-order valence-electron chi connectivity index (χ0n) is 7.99. The third-order valence-corrected chi connectivity index (χ3v) is 1.58. The normalized spacial score (nSPS) is 13.5. The van der Waals surface area contributed by atoms with E-state index in [-0.39, 0.29) is 11.8 Å². The molecule has 2 nitrogen and oxygen atoms in total. The van der Waals surface area contributed by atoms with Crippen LogP contribution in [0, 0.1) is 0 Å². The summed E-state index contributed by atoms with van der Waals surface area (Å²) >= 11 is 0. The van der Waals surface area contributed by atoms with Crippen molar-refractivity contribution in [1.82, 2.24) is 0 Å². The first-order valence-corrected chi connectivity index (χ1v) is 4.18. The topological polar surface area (TPSA) is 24.7 Å². The molecule has 15 heavy (non-hydrogen) atoms. The molecule has 0 saturated carbocycles. The second kappa shape index (κ2) is 4.72. The summed E-state index contributed by atoms with van der Waals surface area (Å²) in [4.78, 5) is 0. The molecule has 0 N–H and O–H groups in total. The lowest BCUT2D eigenvalue weighted by Gasteiger charge is -2.03. The molecule has 0 aliphatic carbocycles. The summed E-state index contributed by atoms with van der Waals surface area (Å²) in [5.74, 6) is 0. The summed E-state index contributed by atoms with van der Waals surface area (Å²) in [6, 6.07) is 8.10. The summed E-state index contributed by atoms with van der Waals surface area (Å²) in [5, 5.41) is 6.80. The zero-order valence-corrected chi connectivity index (χ0v) is 7.99. The maximum absolute atomic E-state index is 12.1. The second-order valence-electron chi connectivity index (χ2n) is 2.74. The van der Waals surface area contributed by atoms with Gasteiger partial charge in [0.15, 0.2) is 0 Å². The fourth-order valence-corrected chi connectivity index (χ4v) is 1.04. The van der Waals surface area contributed by atoms with Crippen LogP contribution in [0.2, 0.25) is 0 Å². The minimum atomic E-state index is -4.39. The van der Waals surface area contributed by atoms with Gasteiger partial charge < -0.3 is 0 Å². The van der Waals surface area contributed by atoms with Gasteiger partial charge in [-0.15, -0.1) is 0 Å².